The molecule has 0 amide bonds. The van der Waals surface area contributed by atoms with E-state index < -0.39 is 11.7 Å². The van der Waals surface area contributed by atoms with Crippen molar-refractivity contribution in [2.24, 2.45) is 0 Å². The maximum Gasteiger partial charge on any atom is 0.420 e. The molecule has 0 N–H and O–H groups in total. The van der Waals surface area contributed by atoms with Crippen molar-refractivity contribution in [3.8, 4) is 96.9 Å². The zero-order valence-corrected chi connectivity index (χ0v) is 42.3. The average Bonchev–Trinajstić information content (AvgIpc) is 4.26. The number of benzene rings is 10. The lowest BCUT2D eigenvalue weighted by molar-refractivity contribution is -0.137. The van der Waals surface area contributed by atoms with Gasteiger partial charge in [0, 0.05) is 54.9 Å². The van der Waals surface area contributed by atoms with Crippen molar-refractivity contribution in [2.75, 3.05) is 0 Å². The third-order valence-corrected chi connectivity index (χ3v) is 14.4. The molecule has 12 heteroatoms. The molecule has 0 aliphatic carbocycles. The van der Waals surface area contributed by atoms with Crippen molar-refractivity contribution < 1.29 is 13.2 Å². The Hall–Kier alpha value is -10.9. The van der Waals surface area contributed by atoms with Gasteiger partial charge in [-0.05, 0) is 83.9 Å². The van der Waals surface area contributed by atoms with Gasteiger partial charge in [0.15, 0.2) is 34.9 Å². The Bertz CT molecular complexity index is 4380. The van der Waals surface area contributed by atoms with Crippen molar-refractivity contribution in [3.63, 3.8) is 0 Å². The predicted molar refractivity (Wildman–Crippen MR) is 310 cm³/mol. The highest BCUT2D eigenvalue weighted by molar-refractivity contribution is 6.12. The lowest BCUT2D eigenvalue weighted by atomic mass is 9.98. The third kappa shape index (κ3) is 8.37. The summed E-state index contributed by atoms with van der Waals surface area (Å²) in [5.41, 5.74) is 7.08. The van der Waals surface area contributed by atoms with Gasteiger partial charge < -0.3 is 9.13 Å². The van der Waals surface area contributed by atoms with Crippen LogP contribution < -0.4 is 0 Å². The highest BCUT2D eigenvalue weighted by Crippen LogP contribution is 2.47. The van der Waals surface area contributed by atoms with Crippen molar-refractivity contribution in [1.82, 2.24) is 39.0 Å². The van der Waals surface area contributed by atoms with Gasteiger partial charge in [-0.2, -0.15) is 18.4 Å². The molecule has 4 heterocycles. The fourth-order valence-corrected chi connectivity index (χ4v) is 10.8. The zero-order chi connectivity index (χ0) is 53.9. The quantitative estimate of drug-likeness (QED) is 0.142. The van der Waals surface area contributed by atoms with Crippen molar-refractivity contribution >= 4 is 43.6 Å². The monoisotopic (exact) mass is 1040 g/mol. The second-order valence-corrected chi connectivity index (χ2v) is 19.3. The van der Waals surface area contributed by atoms with Crippen LogP contribution in [0.3, 0.4) is 0 Å². The molecule has 0 bridgehead atoms. The fourth-order valence-electron chi connectivity index (χ4n) is 10.8. The summed E-state index contributed by atoms with van der Waals surface area (Å²) in [4.78, 5) is 29.7. The van der Waals surface area contributed by atoms with Gasteiger partial charge in [0.05, 0.1) is 45.1 Å². The van der Waals surface area contributed by atoms with Crippen LogP contribution in [0.2, 0.25) is 0 Å². The number of halogens is 3. The van der Waals surface area contributed by atoms with Gasteiger partial charge in [0.1, 0.15) is 5.56 Å². The molecule has 80 heavy (non-hydrogen) atoms. The molecule has 0 saturated heterocycles. The predicted octanol–water partition coefficient (Wildman–Crippen LogP) is 16.8. The maximum absolute atomic E-state index is 16.9. The molecule has 9 nitrogen and oxygen atoms in total. The van der Waals surface area contributed by atoms with Gasteiger partial charge in [-0.15, -0.1) is 0 Å². The normalized spacial score (nSPS) is 11.7. The van der Waals surface area contributed by atoms with Gasteiger partial charge in [0.2, 0.25) is 0 Å². The molecule has 0 aliphatic heterocycles. The number of hydrogen-bond acceptors (Lipinski definition) is 7. The summed E-state index contributed by atoms with van der Waals surface area (Å²) in [6.07, 6.45) is -4.91. The number of aromatic nitrogens is 8. The van der Waals surface area contributed by atoms with Crippen molar-refractivity contribution in [3.05, 3.63) is 254 Å². The topological polar surface area (TPSA) is 111 Å². The Morgan fingerprint density at radius 2 is 0.637 bits per heavy atom. The highest BCUT2D eigenvalue weighted by Gasteiger charge is 2.40. The van der Waals surface area contributed by atoms with Gasteiger partial charge in [-0.25, -0.2) is 29.9 Å². The number of fused-ring (bicyclic) bond motifs is 6. The summed E-state index contributed by atoms with van der Waals surface area (Å²) in [5.74, 6) is 2.76. The standard InChI is InChI=1S/C68H40F3N9/c69-68(70,71)61-59(79-55-30-15-13-28-51(55)53-37-48(32-34-57(53)79)66-75-62(43-19-5-1-6-20-43)73-63(76-66)44-21-7-2-8-22-44)39-50(47-27-17-18-42(36-47)41-72)40-60(61)80-56-31-16-14-29-52(56)54-38-49(33-35-58(54)80)67-77-64(45-23-9-3-10-24-45)74-65(78-67)46-25-11-4-12-26-46/h1-40H. The Kier molecular flexibility index (Phi) is 11.5. The van der Waals surface area contributed by atoms with E-state index in [0.717, 1.165) is 33.0 Å². The first-order chi connectivity index (χ1) is 39.2. The molecule has 378 valence electrons. The van der Waals surface area contributed by atoms with E-state index in [4.69, 9.17) is 29.9 Å². The van der Waals surface area contributed by atoms with Crippen LogP contribution >= 0.6 is 0 Å². The maximum atomic E-state index is 16.9. The molecule has 0 aliphatic rings. The fraction of sp³-hybridized carbons (Fsp3) is 0.0147. The molecule has 0 fully saturated rings. The van der Waals surface area contributed by atoms with Crippen LogP contribution in [-0.2, 0) is 6.18 Å². The third-order valence-electron chi connectivity index (χ3n) is 14.4. The summed E-state index contributed by atoms with van der Waals surface area (Å²) in [6, 6.07) is 77.3. The molecular formula is C68H40F3N9. The Labute approximate surface area is 455 Å². The van der Waals surface area contributed by atoms with E-state index in [0.29, 0.717) is 95.6 Å². The first kappa shape index (κ1) is 47.5. The van der Waals surface area contributed by atoms with Crippen LogP contribution in [0.25, 0.3) is 134 Å². The van der Waals surface area contributed by atoms with E-state index in [-0.39, 0.29) is 11.4 Å². The van der Waals surface area contributed by atoms with Gasteiger partial charge >= 0.3 is 6.18 Å². The molecule has 0 radical (unpaired) electrons. The van der Waals surface area contributed by atoms with Crippen LogP contribution in [0.4, 0.5) is 13.2 Å². The first-order valence-corrected chi connectivity index (χ1v) is 25.8. The number of alkyl halides is 3. The van der Waals surface area contributed by atoms with Gasteiger partial charge in [-0.1, -0.05) is 170 Å². The van der Waals surface area contributed by atoms with Crippen LogP contribution in [0.15, 0.2) is 243 Å². The highest BCUT2D eigenvalue weighted by atomic mass is 19.4. The van der Waals surface area contributed by atoms with Gasteiger partial charge in [0.25, 0.3) is 0 Å². The van der Waals surface area contributed by atoms with Crippen LogP contribution in [-0.4, -0.2) is 39.0 Å². The van der Waals surface area contributed by atoms with Crippen molar-refractivity contribution in [1.29, 1.82) is 5.26 Å². The number of nitrogens with zero attached hydrogens (tertiary/aromatic N) is 9. The molecule has 10 aromatic carbocycles. The molecule has 0 spiro atoms. The van der Waals surface area contributed by atoms with E-state index in [1.165, 1.54) is 0 Å². The van der Waals surface area contributed by atoms with Crippen LogP contribution in [0.1, 0.15) is 11.1 Å². The van der Waals surface area contributed by atoms with Crippen LogP contribution in [0, 0.1) is 11.3 Å². The van der Waals surface area contributed by atoms with E-state index in [1.54, 1.807) is 39.5 Å². The molecular weight excluding hydrogens is 1000 g/mol. The largest absolute Gasteiger partial charge is 0.420 e. The number of rotatable bonds is 9. The van der Waals surface area contributed by atoms with Gasteiger partial charge in [-0.3, -0.25) is 0 Å². The van der Waals surface area contributed by atoms with E-state index >= 15 is 13.2 Å². The smallest absolute Gasteiger partial charge is 0.309 e. The molecule has 14 aromatic rings. The summed E-state index contributed by atoms with van der Waals surface area (Å²) < 4.78 is 54.2. The van der Waals surface area contributed by atoms with E-state index in [9.17, 15) is 5.26 Å². The van der Waals surface area contributed by atoms with Crippen molar-refractivity contribution in [2.45, 2.75) is 6.18 Å². The minimum absolute atomic E-state index is 0.0983. The molecule has 14 rings (SSSR count). The minimum atomic E-state index is -4.91. The summed E-state index contributed by atoms with van der Waals surface area (Å²) >= 11 is 0. The number of para-hydroxylation sites is 2. The summed E-state index contributed by atoms with van der Waals surface area (Å²) in [5, 5.41) is 13.0. The lowest BCUT2D eigenvalue weighted by Gasteiger charge is -2.23. The second-order valence-electron chi connectivity index (χ2n) is 19.3. The Balaban J connectivity index is 1.01. The summed E-state index contributed by atoms with van der Waals surface area (Å²) in [7, 11) is 0. The summed E-state index contributed by atoms with van der Waals surface area (Å²) in [6.45, 7) is 0. The second kappa shape index (κ2) is 19.3. The minimum Gasteiger partial charge on any atom is -0.309 e. The Morgan fingerprint density at radius 1 is 0.300 bits per heavy atom. The molecule has 0 unspecified atom stereocenters. The van der Waals surface area contributed by atoms with Crippen LogP contribution in [0.5, 0.6) is 0 Å². The Morgan fingerprint density at radius 3 is 1.01 bits per heavy atom. The van der Waals surface area contributed by atoms with E-state index in [1.807, 2.05) is 212 Å². The number of nitriles is 1. The number of hydrogen-bond donors (Lipinski definition) is 0. The van der Waals surface area contributed by atoms with E-state index in [2.05, 4.69) is 6.07 Å². The zero-order valence-electron chi connectivity index (χ0n) is 42.3. The molecule has 0 saturated carbocycles. The SMILES string of the molecule is N#Cc1cccc(-c2cc(-n3c4ccccc4c4cc(-c5nc(-c6ccccc6)nc(-c6ccccc6)n5)ccc43)c(C(F)(F)F)c(-n3c4ccccc4c4cc(-c5nc(-c6ccccc6)nc(-c6ccccc6)n5)ccc43)c2)c1. The average molecular weight is 1040 g/mol. The molecule has 4 aromatic heterocycles. The lowest BCUT2D eigenvalue weighted by Crippen LogP contribution is -2.16. The first-order valence-electron chi connectivity index (χ1n) is 25.8. The molecule has 0 atom stereocenters.